The van der Waals surface area contributed by atoms with E-state index in [9.17, 15) is 14.9 Å². The molecule has 2 aromatic carbocycles. The lowest BCUT2D eigenvalue weighted by atomic mass is 10.00. The van der Waals surface area contributed by atoms with Crippen LogP contribution in [0.2, 0.25) is 0 Å². The SMILES string of the molecule is CN(C)CCn1c(=O)oc2ccc(-c3ccc(CC(C#N)NC(=O)C4CNCCCO4)c(F)c3)cc21. The van der Waals surface area contributed by atoms with Gasteiger partial charge < -0.3 is 24.7 Å². The average molecular weight is 496 g/mol. The van der Waals surface area contributed by atoms with E-state index in [1.807, 2.05) is 31.1 Å². The number of nitrogens with one attached hydrogen (secondary N) is 2. The summed E-state index contributed by atoms with van der Waals surface area (Å²) in [5.41, 5.74) is 2.79. The lowest BCUT2D eigenvalue weighted by molar-refractivity contribution is -0.132. The molecule has 0 saturated carbocycles. The number of hydrogen-bond acceptors (Lipinski definition) is 7. The molecule has 0 spiro atoms. The van der Waals surface area contributed by atoms with Gasteiger partial charge in [-0.1, -0.05) is 18.2 Å². The standard InChI is InChI=1S/C26H30FN5O4/c1-31(2)9-10-32-22-14-18(6-7-23(22)36-26(32)34)17-4-5-19(21(27)13-17)12-20(15-28)30-25(33)24-16-29-8-3-11-35-24/h4-7,13-14,20,24,29H,3,8-12,16H2,1-2H3,(H,30,33). The Hall–Kier alpha value is -3.52. The Kier molecular flexibility index (Phi) is 8.15. The van der Waals surface area contributed by atoms with Gasteiger partial charge in [0.05, 0.1) is 11.6 Å². The monoisotopic (exact) mass is 495 g/mol. The quantitative estimate of drug-likeness (QED) is 0.491. The Labute approximate surface area is 208 Å². The summed E-state index contributed by atoms with van der Waals surface area (Å²) in [7, 11) is 3.85. The van der Waals surface area contributed by atoms with Gasteiger partial charge in [0.15, 0.2) is 5.58 Å². The predicted molar refractivity (Wildman–Crippen MR) is 133 cm³/mol. The smallest absolute Gasteiger partial charge is 0.408 e. The van der Waals surface area contributed by atoms with Crippen molar-refractivity contribution in [1.82, 2.24) is 20.1 Å². The highest BCUT2D eigenvalue weighted by molar-refractivity contribution is 5.82. The Morgan fingerprint density at radius 3 is 2.83 bits per heavy atom. The number of likely N-dealkylation sites (N-methyl/N-ethyl adjacent to an activating group) is 1. The van der Waals surface area contributed by atoms with Gasteiger partial charge in [0.2, 0.25) is 0 Å². The zero-order valence-corrected chi connectivity index (χ0v) is 20.4. The second-order valence-corrected chi connectivity index (χ2v) is 9.12. The number of nitriles is 1. The Bertz CT molecular complexity index is 1320. The summed E-state index contributed by atoms with van der Waals surface area (Å²) in [4.78, 5) is 26.7. The van der Waals surface area contributed by atoms with Gasteiger partial charge in [-0.15, -0.1) is 0 Å². The normalized spacial score (nSPS) is 17.0. The summed E-state index contributed by atoms with van der Waals surface area (Å²) in [5, 5.41) is 15.3. The van der Waals surface area contributed by atoms with E-state index in [1.54, 1.807) is 28.8 Å². The van der Waals surface area contributed by atoms with Crippen LogP contribution in [0, 0.1) is 17.1 Å². The summed E-state index contributed by atoms with van der Waals surface area (Å²) >= 11 is 0. The summed E-state index contributed by atoms with van der Waals surface area (Å²) in [5.74, 6) is -1.30. The summed E-state index contributed by atoms with van der Waals surface area (Å²) in [6.07, 6.45) is 0.160. The highest BCUT2D eigenvalue weighted by atomic mass is 19.1. The Morgan fingerprint density at radius 2 is 2.08 bits per heavy atom. The van der Waals surface area contributed by atoms with Crippen LogP contribution in [0.3, 0.4) is 0 Å². The van der Waals surface area contributed by atoms with Gasteiger partial charge in [-0.25, -0.2) is 9.18 Å². The Balaban J connectivity index is 1.50. The van der Waals surface area contributed by atoms with Crippen LogP contribution in [0.15, 0.2) is 45.6 Å². The van der Waals surface area contributed by atoms with Crippen LogP contribution in [0.25, 0.3) is 22.2 Å². The molecule has 2 N–H and O–H groups in total. The van der Waals surface area contributed by atoms with Gasteiger partial charge in [0.1, 0.15) is 18.0 Å². The van der Waals surface area contributed by atoms with Crippen molar-refractivity contribution in [2.24, 2.45) is 0 Å². The average Bonchev–Trinajstić information content (AvgIpc) is 3.01. The van der Waals surface area contributed by atoms with Crippen molar-refractivity contribution in [3.05, 3.63) is 58.3 Å². The lowest BCUT2D eigenvalue weighted by Crippen LogP contribution is -2.46. The zero-order valence-electron chi connectivity index (χ0n) is 20.4. The molecule has 2 heterocycles. The molecule has 9 nitrogen and oxygen atoms in total. The van der Waals surface area contributed by atoms with Gasteiger partial charge in [-0.3, -0.25) is 9.36 Å². The molecular weight excluding hydrogens is 465 g/mol. The molecule has 36 heavy (non-hydrogen) atoms. The molecule has 2 atom stereocenters. The fraction of sp³-hybridized carbons (Fsp3) is 0.423. The first kappa shape index (κ1) is 25.6. The summed E-state index contributed by atoms with van der Waals surface area (Å²) < 4.78 is 27.5. The fourth-order valence-electron chi connectivity index (χ4n) is 4.14. The predicted octanol–water partition coefficient (Wildman–Crippen LogP) is 1.89. The largest absolute Gasteiger partial charge is 0.419 e. The number of fused-ring (bicyclic) bond motifs is 1. The minimum absolute atomic E-state index is 0.0271. The molecule has 1 aliphatic rings. The second-order valence-electron chi connectivity index (χ2n) is 9.12. The number of halogens is 1. The number of oxazole rings is 1. The van der Waals surface area contributed by atoms with Crippen LogP contribution in [-0.2, 0) is 22.5 Å². The maximum Gasteiger partial charge on any atom is 0.419 e. The molecule has 1 aliphatic heterocycles. The van der Waals surface area contributed by atoms with Crippen LogP contribution in [0.5, 0.6) is 0 Å². The van der Waals surface area contributed by atoms with Crippen LogP contribution in [-0.4, -0.2) is 67.9 Å². The molecule has 190 valence electrons. The van der Waals surface area contributed by atoms with Crippen molar-refractivity contribution >= 4 is 17.0 Å². The first-order valence-electron chi connectivity index (χ1n) is 11.9. The van der Waals surface area contributed by atoms with Crippen LogP contribution in [0.4, 0.5) is 4.39 Å². The van der Waals surface area contributed by atoms with E-state index in [1.165, 1.54) is 6.07 Å². The van der Waals surface area contributed by atoms with Crippen LogP contribution < -0.4 is 16.4 Å². The van der Waals surface area contributed by atoms with E-state index in [4.69, 9.17) is 9.15 Å². The summed E-state index contributed by atoms with van der Waals surface area (Å²) in [6.45, 7) is 2.75. The van der Waals surface area contributed by atoms with Crippen LogP contribution >= 0.6 is 0 Å². The first-order valence-corrected chi connectivity index (χ1v) is 11.9. The molecule has 1 fully saturated rings. The number of amides is 1. The van der Waals surface area contributed by atoms with E-state index in [-0.39, 0.29) is 12.3 Å². The number of carbonyl (C=O) groups excluding carboxylic acids is 1. The van der Waals surface area contributed by atoms with E-state index in [0.29, 0.717) is 48.5 Å². The van der Waals surface area contributed by atoms with Gasteiger partial charge in [0.25, 0.3) is 5.91 Å². The molecule has 0 bridgehead atoms. The van der Waals surface area contributed by atoms with Crippen molar-refractivity contribution in [1.29, 1.82) is 5.26 Å². The number of benzene rings is 2. The molecule has 1 aromatic heterocycles. The molecule has 0 radical (unpaired) electrons. The molecule has 4 rings (SSSR count). The highest BCUT2D eigenvalue weighted by Crippen LogP contribution is 2.26. The van der Waals surface area contributed by atoms with E-state index >= 15 is 4.39 Å². The van der Waals surface area contributed by atoms with Gasteiger partial charge in [-0.05, 0) is 62.0 Å². The van der Waals surface area contributed by atoms with Crippen molar-refractivity contribution in [3.63, 3.8) is 0 Å². The fourth-order valence-corrected chi connectivity index (χ4v) is 4.14. The topological polar surface area (TPSA) is 113 Å². The van der Waals surface area contributed by atoms with Crippen molar-refractivity contribution in [2.45, 2.75) is 31.5 Å². The number of hydrogen-bond donors (Lipinski definition) is 2. The Morgan fingerprint density at radius 1 is 1.31 bits per heavy atom. The van der Waals surface area contributed by atoms with E-state index in [2.05, 4.69) is 10.6 Å². The molecule has 3 aromatic rings. The molecule has 2 unspecified atom stereocenters. The van der Waals surface area contributed by atoms with Crippen molar-refractivity contribution in [2.75, 3.05) is 40.3 Å². The minimum atomic E-state index is -0.891. The van der Waals surface area contributed by atoms with E-state index < -0.39 is 23.7 Å². The molecular formula is C26H30FN5O4. The molecule has 0 aliphatic carbocycles. The third-order valence-electron chi connectivity index (χ3n) is 6.16. The molecule has 1 amide bonds. The number of ether oxygens (including phenoxy) is 1. The van der Waals surface area contributed by atoms with E-state index in [0.717, 1.165) is 18.5 Å². The second kappa shape index (κ2) is 11.5. The van der Waals surface area contributed by atoms with Gasteiger partial charge in [0, 0.05) is 32.7 Å². The van der Waals surface area contributed by atoms with Crippen molar-refractivity contribution in [3.8, 4) is 17.2 Å². The van der Waals surface area contributed by atoms with Crippen LogP contribution in [0.1, 0.15) is 12.0 Å². The molecule has 10 heteroatoms. The first-order chi connectivity index (χ1) is 17.4. The lowest BCUT2D eigenvalue weighted by Gasteiger charge is -2.18. The molecule has 1 saturated heterocycles. The third-order valence-corrected chi connectivity index (χ3v) is 6.16. The maximum absolute atomic E-state index is 15.0. The number of rotatable bonds is 8. The number of aromatic nitrogens is 1. The minimum Gasteiger partial charge on any atom is -0.408 e. The third kappa shape index (κ3) is 5.99. The zero-order chi connectivity index (χ0) is 25.7. The maximum atomic E-state index is 15.0. The summed E-state index contributed by atoms with van der Waals surface area (Å²) in [6, 6.07) is 11.2. The number of nitrogens with zero attached hydrogens (tertiary/aromatic N) is 3. The van der Waals surface area contributed by atoms with Gasteiger partial charge in [-0.2, -0.15) is 5.26 Å². The highest BCUT2D eigenvalue weighted by Gasteiger charge is 2.24. The number of carbonyl (C=O) groups is 1. The van der Waals surface area contributed by atoms with Crippen molar-refractivity contribution < 1.29 is 18.3 Å². The van der Waals surface area contributed by atoms with Gasteiger partial charge >= 0.3 is 5.76 Å².